The predicted octanol–water partition coefficient (Wildman–Crippen LogP) is 2.46. The molecule has 0 aliphatic carbocycles. The van der Waals surface area contributed by atoms with E-state index in [9.17, 15) is 4.79 Å². The highest BCUT2D eigenvalue weighted by Crippen LogP contribution is 2.28. The van der Waals surface area contributed by atoms with E-state index >= 15 is 0 Å². The number of para-hydroxylation sites is 1. The van der Waals surface area contributed by atoms with Crippen LogP contribution >= 0.6 is 0 Å². The molecule has 1 fully saturated rings. The van der Waals surface area contributed by atoms with E-state index in [1.165, 1.54) is 0 Å². The minimum Gasteiger partial charge on any atom is -0.451 e. The molecule has 142 valence electrons. The lowest BCUT2D eigenvalue weighted by Crippen LogP contribution is -2.41. The predicted molar refractivity (Wildman–Crippen MR) is 102 cm³/mol. The van der Waals surface area contributed by atoms with Crippen LogP contribution in [0.2, 0.25) is 0 Å². The fourth-order valence-corrected chi connectivity index (χ4v) is 3.45. The first-order valence-corrected chi connectivity index (χ1v) is 9.36. The summed E-state index contributed by atoms with van der Waals surface area (Å²) in [5, 5.41) is 1.02. The zero-order chi connectivity index (χ0) is 18.5. The van der Waals surface area contributed by atoms with E-state index in [2.05, 4.69) is 4.90 Å². The molecule has 0 atom stereocenters. The van der Waals surface area contributed by atoms with Gasteiger partial charge in [0.05, 0.1) is 6.10 Å². The van der Waals surface area contributed by atoms with Crippen LogP contribution in [0.25, 0.3) is 11.0 Å². The molecule has 6 nitrogen and oxygen atoms in total. The molecule has 0 spiro atoms. The fourth-order valence-electron chi connectivity index (χ4n) is 3.45. The minimum absolute atomic E-state index is 0.0153. The maximum atomic E-state index is 13.1. The van der Waals surface area contributed by atoms with Crippen LogP contribution in [0.4, 0.5) is 0 Å². The van der Waals surface area contributed by atoms with E-state index in [-0.39, 0.29) is 12.0 Å². The maximum Gasteiger partial charge on any atom is 0.289 e. The van der Waals surface area contributed by atoms with Crippen molar-refractivity contribution in [2.45, 2.75) is 31.9 Å². The SMILES string of the molecule is CN(C)Cc1c(C(=O)N2CCC(OCCCN)CC2)oc2ccccc12. The molecule has 2 aromatic rings. The van der Waals surface area contributed by atoms with Gasteiger partial charge in [-0.05, 0) is 46.0 Å². The molecule has 1 aliphatic rings. The third-order valence-corrected chi connectivity index (χ3v) is 4.80. The Labute approximate surface area is 154 Å². The Kier molecular flexibility index (Phi) is 6.29. The van der Waals surface area contributed by atoms with Gasteiger partial charge >= 0.3 is 0 Å². The van der Waals surface area contributed by atoms with Crippen LogP contribution in [-0.2, 0) is 11.3 Å². The number of piperidine rings is 1. The fraction of sp³-hybridized carbons (Fsp3) is 0.550. The molecule has 3 rings (SSSR count). The number of hydrogen-bond donors (Lipinski definition) is 1. The first-order valence-electron chi connectivity index (χ1n) is 9.36. The summed E-state index contributed by atoms with van der Waals surface area (Å²) in [5.41, 5.74) is 7.24. The lowest BCUT2D eigenvalue weighted by Gasteiger charge is -2.31. The minimum atomic E-state index is -0.0153. The smallest absolute Gasteiger partial charge is 0.289 e. The summed E-state index contributed by atoms with van der Waals surface area (Å²) < 4.78 is 11.8. The van der Waals surface area contributed by atoms with E-state index in [0.717, 1.165) is 35.8 Å². The Balaban J connectivity index is 1.72. The quantitative estimate of drug-likeness (QED) is 0.769. The standard InChI is InChI=1S/C20H29N3O3/c1-22(2)14-17-16-6-3-4-7-18(16)26-19(17)20(24)23-11-8-15(9-12-23)25-13-5-10-21/h3-4,6-7,15H,5,8-14,21H2,1-2H3. The van der Waals surface area contributed by atoms with Crippen LogP contribution in [-0.4, -0.2) is 62.1 Å². The van der Waals surface area contributed by atoms with E-state index in [1.54, 1.807) is 0 Å². The van der Waals surface area contributed by atoms with Crippen molar-refractivity contribution in [2.75, 3.05) is 40.3 Å². The van der Waals surface area contributed by atoms with Gasteiger partial charge in [-0.2, -0.15) is 0 Å². The highest BCUT2D eigenvalue weighted by molar-refractivity contribution is 5.99. The third-order valence-electron chi connectivity index (χ3n) is 4.80. The molecule has 1 amide bonds. The van der Waals surface area contributed by atoms with Gasteiger partial charge in [0.15, 0.2) is 5.76 Å². The average Bonchev–Trinajstić information content (AvgIpc) is 3.00. The highest BCUT2D eigenvalue weighted by atomic mass is 16.5. The van der Waals surface area contributed by atoms with Crippen molar-refractivity contribution in [2.24, 2.45) is 5.73 Å². The number of hydrogen-bond acceptors (Lipinski definition) is 5. The Morgan fingerprint density at radius 2 is 2.04 bits per heavy atom. The van der Waals surface area contributed by atoms with Gasteiger partial charge < -0.3 is 24.7 Å². The number of nitrogens with two attached hydrogens (primary N) is 1. The molecule has 1 aromatic carbocycles. The molecular formula is C20H29N3O3. The third kappa shape index (κ3) is 4.26. The summed E-state index contributed by atoms with van der Waals surface area (Å²) in [7, 11) is 4.00. The Bertz CT molecular complexity index is 733. The summed E-state index contributed by atoms with van der Waals surface area (Å²) >= 11 is 0. The van der Waals surface area contributed by atoms with E-state index in [1.807, 2.05) is 43.3 Å². The summed E-state index contributed by atoms with van der Waals surface area (Å²) in [6.07, 6.45) is 2.83. The van der Waals surface area contributed by atoms with Crippen molar-refractivity contribution in [1.29, 1.82) is 0 Å². The van der Waals surface area contributed by atoms with Crippen molar-refractivity contribution in [1.82, 2.24) is 9.80 Å². The largest absolute Gasteiger partial charge is 0.451 e. The monoisotopic (exact) mass is 359 g/mol. The molecule has 0 unspecified atom stereocenters. The van der Waals surface area contributed by atoms with Gasteiger partial charge in [-0.3, -0.25) is 4.79 Å². The maximum absolute atomic E-state index is 13.1. The lowest BCUT2D eigenvalue weighted by atomic mass is 10.1. The van der Waals surface area contributed by atoms with E-state index < -0.39 is 0 Å². The van der Waals surface area contributed by atoms with Crippen LogP contribution in [0.15, 0.2) is 28.7 Å². The topological polar surface area (TPSA) is 71.9 Å². The number of amides is 1. The number of likely N-dealkylation sites (tertiary alicyclic amines) is 1. The van der Waals surface area contributed by atoms with Gasteiger partial charge in [0.2, 0.25) is 0 Å². The van der Waals surface area contributed by atoms with Gasteiger partial charge in [-0.15, -0.1) is 0 Å². The molecule has 1 saturated heterocycles. The molecule has 0 saturated carbocycles. The van der Waals surface area contributed by atoms with Crippen molar-refractivity contribution >= 4 is 16.9 Å². The number of rotatable bonds is 7. The van der Waals surface area contributed by atoms with Crippen molar-refractivity contribution < 1.29 is 13.9 Å². The average molecular weight is 359 g/mol. The molecule has 6 heteroatoms. The second-order valence-corrected chi connectivity index (χ2v) is 7.15. The van der Waals surface area contributed by atoms with Crippen molar-refractivity contribution in [3.05, 3.63) is 35.6 Å². The van der Waals surface area contributed by atoms with Gasteiger partial charge in [-0.1, -0.05) is 18.2 Å². The van der Waals surface area contributed by atoms with E-state index in [0.29, 0.717) is 38.5 Å². The molecule has 26 heavy (non-hydrogen) atoms. The van der Waals surface area contributed by atoms with Gasteiger partial charge in [0, 0.05) is 37.2 Å². The lowest BCUT2D eigenvalue weighted by molar-refractivity contribution is 0.00764. The summed E-state index contributed by atoms with van der Waals surface area (Å²) in [6.45, 7) is 3.43. The van der Waals surface area contributed by atoms with E-state index in [4.69, 9.17) is 14.9 Å². The van der Waals surface area contributed by atoms with Crippen molar-refractivity contribution in [3.8, 4) is 0 Å². The number of ether oxygens (including phenoxy) is 1. The Morgan fingerprint density at radius 3 is 2.73 bits per heavy atom. The molecular weight excluding hydrogens is 330 g/mol. The summed E-state index contributed by atoms with van der Waals surface area (Å²) in [5.74, 6) is 0.459. The Morgan fingerprint density at radius 1 is 1.31 bits per heavy atom. The van der Waals surface area contributed by atoms with Crippen LogP contribution in [0.1, 0.15) is 35.4 Å². The number of carbonyl (C=O) groups excluding carboxylic acids is 1. The van der Waals surface area contributed by atoms with Crippen molar-refractivity contribution in [3.63, 3.8) is 0 Å². The van der Waals surface area contributed by atoms with Crippen LogP contribution in [0.5, 0.6) is 0 Å². The molecule has 1 aliphatic heterocycles. The second-order valence-electron chi connectivity index (χ2n) is 7.15. The number of fused-ring (bicyclic) bond motifs is 1. The Hall–Kier alpha value is -1.89. The van der Waals surface area contributed by atoms with Crippen LogP contribution < -0.4 is 5.73 Å². The zero-order valence-electron chi connectivity index (χ0n) is 15.7. The molecule has 0 radical (unpaired) electrons. The molecule has 2 heterocycles. The summed E-state index contributed by atoms with van der Waals surface area (Å²) in [4.78, 5) is 17.0. The number of carbonyl (C=O) groups is 1. The normalized spacial score (nSPS) is 15.9. The number of furan rings is 1. The first-order chi connectivity index (χ1) is 12.6. The first kappa shape index (κ1) is 18.9. The number of benzene rings is 1. The summed E-state index contributed by atoms with van der Waals surface area (Å²) in [6, 6.07) is 7.86. The van der Waals surface area contributed by atoms with Gasteiger partial charge in [0.1, 0.15) is 5.58 Å². The number of nitrogens with zero attached hydrogens (tertiary/aromatic N) is 2. The molecule has 1 aromatic heterocycles. The molecule has 2 N–H and O–H groups in total. The second kappa shape index (κ2) is 8.66. The molecule has 0 bridgehead atoms. The zero-order valence-corrected chi connectivity index (χ0v) is 15.7. The van der Waals surface area contributed by atoms with Gasteiger partial charge in [0.25, 0.3) is 5.91 Å². The van der Waals surface area contributed by atoms with Gasteiger partial charge in [-0.25, -0.2) is 0 Å². The van der Waals surface area contributed by atoms with Crippen LogP contribution in [0.3, 0.4) is 0 Å². The highest BCUT2D eigenvalue weighted by Gasteiger charge is 2.29. The van der Waals surface area contributed by atoms with Crippen LogP contribution in [0, 0.1) is 0 Å².